The minimum atomic E-state index is -0.160. The summed E-state index contributed by atoms with van der Waals surface area (Å²) in [6, 6.07) is 4.21. The largest absolute Gasteiger partial charge is 0.459 e. The highest BCUT2D eigenvalue weighted by atomic mass is 32.1. The number of furan rings is 1. The van der Waals surface area contributed by atoms with E-state index in [9.17, 15) is 14.9 Å². The smallest absolute Gasteiger partial charge is 0.287 e. The zero-order valence-corrected chi connectivity index (χ0v) is 19.5. The number of fused-ring (bicyclic) bond motifs is 1. The number of nitriles is 1. The average Bonchev–Trinajstić information content (AvgIpc) is 3.35. The van der Waals surface area contributed by atoms with E-state index in [2.05, 4.69) is 28.5 Å². The zero-order chi connectivity index (χ0) is 22.7. The Morgan fingerprint density at radius 2 is 2.09 bits per heavy atom. The Labute approximate surface area is 192 Å². The van der Waals surface area contributed by atoms with Crippen molar-refractivity contribution in [3.63, 3.8) is 0 Å². The molecule has 7 nitrogen and oxygen atoms in total. The molecule has 1 fully saturated rings. The predicted molar refractivity (Wildman–Crippen MR) is 124 cm³/mol. The van der Waals surface area contributed by atoms with Gasteiger partial charge in [-0.2, -0.15) is 5.26 Å². The van der Waals surface area contributed by atoms with Gasteiger partial charge in [0.25, 0.3) is 5.91 Å². The summed E-state index contributed by atoms with van der Waals surface area (Å²) in [6.45, 7) is 6.44. The number of carbonyl (C=O) groups is 2. The number of carbonyl (C=O) groups excluding carboxylic acids is 2. The van der Waals surface area contributed by atoms with Crippen LogP contribution < -0.4 is 10.6 Å². The topological polar surface area (TPSA) is 98.4 Å². The first-order chi connectivity index (χ1) is 15.4. The maximum Gasteiger partial charge on any atom is 0.287 e. The van der Waals surface area contributed by atoms with Crippen molar-refractivity contribution in [2.45, 2.75) is 58.4 Å². The molecule has 0 radical (unpaired) electrons. The Bertz CT molecular complexity index is 1030. The molecule has 170 valence electrons. The fraction of sp³-hybridized carbons (Fsp3) is 0.542. The van der Waals surface area contributed by atoms with Crippen LogP contribution in [0.2, 0.25) is 0 Å². The van der Waals surface area contributed by atoms with E-state index in [4.69, 9.17) is 4.42 Å². The molecule has 1 aliphatic carbocycles. The summed E-state index contributed by atoms with van der Waals surface area (Å²) in [5.41, 5.74) is 2.64. The number of hydrogen-bond donors (Lipinski definition) is 2. The molecule has 0 saturated carbocycles. The molecule has 1 unspecified atom stereocenters. The summed E-state index contributed by atoms with van der Waals surface area (Å²) in [4.78, 5) is 28.4. The number of aryl methyl sites for hydroxylation is 1. The fourth-order valence-electron chi connectivity index (χ4n) is 4.56. The second-order valence-corrected chi connectivity index (χ2v) is 10.1. The van der Waals surface area contributed by atoms with Gasteiger partial charge in [0.05, 0.1) is 11.8 Å². The van der Waals surface area contributed by atoms with Crippen molar-refractivity contribution in [1.82, 2.24) is 10.2 Å². The molecule has 0 aromatic carbocycles. The van der Waals surface area contributed by atoms with Gasteiger partial charge < -0.3 is 20.0 Å². The third-order valence-electron chi connectivity index (χ3n) is 6.52. The number of thiophene rings is 1. The third kappa shape index (κ3) is 5.05. The van der Waals surface area contributed by atoms with E-state index in [-0.39, 0.29) is 17.9 Å². The molecule has 0 bridgehead atoms. The Kier molecular flexibility index (Phi) is 6.97. The van der Waals surface area contributed by atoms with Gasteiger partial charge in [-0.15, -0.1) is 11.3 Å². The Morgan fingerprint density at radius 3 is 2.78 bits per heavy atom. The molecule has 32 heavy (non-hydrogen) atoms. The van der Waals surface area contributed by atoms with E-state index in [1.807, 2.05) is 6.92 Å². The van der Waals surface area contributed by atoms with Crippen LogP contribution in [0.25, 0.3) is 0 Å². The second kappa shape index (κ2) is 9.88. The van der Waals surface area contributed by atoms with Crippen molar-refractivity contribution in [2.75, 3.05) is 25.0 Å². The molecule has 1 atom stereocenters. The standard InChI is InChI=1S/C24H30N4O3S/c1-15-3-4-18-19(14-25)24(32-20(18)13-15)27-21(29)7-11-28-9-5-17(6-10-28)26-23(30)22-16(2)8-12-31-22/h8,12,15,17H,3-7,9-11,13H2,1-2H3,(H,26,30)(H,27,29). The van der Waals surface area contributed by atoms with E-state index in [0.717, 1.165) is 56.3 Å². The highest BCUT2D eigenvalue weighted by Crippen LogP contribution is 2.39. The molecule has 1 aliphatic heterocycles. The quantitative estimate of drug-likeness (QED) is 0.690. The molecule has 3 heterocycles. The number of piperidine rings is 1. The number of rotatable bonds is 6. The molecular formula is C24H30N4O3S. The molecule has 2 aliphatic rings. The number of amides is 2. The predicted octanol–water partition coefficient (Wildman–Crippen LogP) is 3.87. The monoisotopic (exact) mass is 454 g/mol. The van der Waals surface area contributed by atoms with Gasteiger partial charge in [0, 0.05) is 42.5 Å². The normalized spacial score (nSPS) is 19.2. The van der Waals surface area contributed by atoms with Gasteiger partial charge >= 0.3 is 0 Å². The van der Waals surface area contributed by atoms with Crippen molar-refractivity contribution >= 4 is 28.2 Å². The highest BCUT2D eigenvalue weighted by molar-refractivity contribution is 7.16. The maximum absolute atomic E-state index is 12.6. The molecule has 2 aromatic heterocycles. The van der Waals surface area contributed by atoms with Gasteiger partial charge in [0.2, 0.25) is 5.91 Å². The van der Waals surface area contributed by atoms with Gasteiger partial charge in [-0.1, -0.05) is 6.92 Å². The Hall–Kier alpha value is -2.63. The van der Waals surface area contributed by atoms with E-state index in [0.29, 0.717) is 35.2 Å². The molecule has 2 aromatic rings. The van der Waals surface area contributed by atoms with Gasteiger partial charge in [-0.3, -0.25) is 9.59 Å². The minimum Gasteiger partial charge on any atom is -0.459 e. The number of nitrogens with zero attached hydrogens (tertiary/aromatic N) is 2. The number of anilines is 1. The lowest BCUT2D eigenvalue weighted by molar-refractivity contribution is -0.116. The van der Waals surface area contributed by atoms with Crippen LogP contribution in [-0.4, -0.2) is 42.4 Å². The summed E-state index contributed by atoms with van der Waals surface area (Å²) in [6.07, 6.45) is 6.65. The summed E-state index contributed by atoms with van der Waals surface area (Å²) >= 11 is 1.57. The van der Waals surface area contributed by atoms with E-state index in [1.54, 1.807) is 17.4 Å². The fourth-order valence-corrected chi connectivity index (χ4v) is 5.94. The second-order valence-electron chi connectivity index (χ2n) is 8.99. The lowest BCUT2D eigenvalue weighted by Crippen LogP contribution is -2.45. The summed E-state index contributed by atoms with van der Waals surface area (Å²) in [5.74, 6) is 0.807. The van der Waals surface area contributed by atoms with Crippen molar-refractivity contribution in [1.29, 1.82) is 5.26 Å². The van der Waals surface area contributed by atoms with Crippen LogP contribution in [0.1, 0.15) is 64.7 Å². The molecule has 4 rings (SSSR count). The zero-order valence-electron chi connectivity index (χ0n) is 18.7. The first kappa shape index (κ1) is 22.6. The van der Waals surface area contributed by atoms with Crippen molar-refractivity contribution < 1.29 is 14.0 Å². The van der Waals surface area contributed by atoms with Crippen molar-refractivity contribution in [3.8, 4) is 6.07 Å². The van der Waals surface area contributed by atoms with Crippen molar-refractivity contribution in [3.05, 3.63) is 39.7 Å². The maximum atomic E-state index is 12.6. The van der Waals surface area contributed by atoms with Crippen LogP contribution in [0.4, 0.5) is 5.00 Å². The van der Waals surface area contributed by atoms with E-state index in [1.165, 1.54) is 11.1 Å². The molecule has 2 N–H and O–H groups in total. The van der Waals surface area contributed by atoms with Gasteiger partial charge in [0.15, 0.2) is 5.76 Å². The first-order valence-electron chi connectivity index (χ1n) is 11.4. The lowest BCUT2D eigenvalue weighted by Gasteiger charge is -2.32. The molecule has 0 spiro atoms. The van der Waals surface area contributed by atoms with Crippen LogP contribution >= 0.6 is 11.3 Å². The lowest BCUT2D eigenvalue weighted by atomic mass is 9.89. The van der Waals surface area contributed by atoms with Crippen LogP contribution in [0.3, 0.4) is 0 Å². The van der Waals surface area contributed by atoms with Crippen LogP contribution in [0, 0.1) is 24.2 Å². The number of likely N-dealkylation sites (tertiary alicyclic amines) is 1. The first-order valence-corrected chi connectivity index (χ1v) is 12.2. The summed E-state index contributed by atoms with van der Waals surface area (Å²) < 4.78 is 5.26. The molecular weight excluding hydrogens is 424 g/mol. The number of nitrogens with one attached hydrogen (secondary N) is 2. The molecule has 1 saturated heterocycles. The highest BCUT2D eigenvalue weighted by Gasteiger charge is 2.26. The summed E-state index contributed by atoms with van der Waals surface area (Å²) in [7, 11) is 0. The average molecular weight is 455 g/mol. The van der Waals surface area contributed by atoms with Crippen LogP contribution in [0.15, 0.2) is 16.7 Å². The van der Waals surface area contributed by atoms with Crippen molar-refractivity contribution in [2.24, 2.45) is 5.92 Å². The number of hydrogen-bond acceptors (Lipinski definition) is 6. The van der Waals surface area contributed by atoms with Crippen LogP contribution in [-0.2, 0) is 17.6 Å². The van der Waals surface area contributed by atoms with Gasteiger partial charge in [0.1, 0.15) is 11.1 Å². The SMILES string of the molecule is Cc1ccoc1C(=O)NC1CCN(CCC(=O)Nc2sc3c(c2C#N)CCC(C)C3)CC1. The minimum absolute atomic E-state index is 0.0446. The van der Waals surface area contributed by atoms with Gasteiger partial charge in [-0.25, -0.2) is 0 Å². The summed E-state index contributed by atoms with van der Waals surface area (Å²) in [5, 5.41) is 16.4. The molecule has 2 amide bonds. The van der Waals surface area contributed by atoms with E-state index < -0.39 is 0 Å². The third-order valence-corrected chi connectivity index (χ3v) is 7.69. The Morgan fingerprint density at radius 1 is 1.31 bits per heavy atom. The van der Waals surface area contributed by atoms with Gasteiger partial charge in [-0.05, 0) is 56.6 Å². The van der Waals surface area contributed by atoms with Crippen LogP contribution in [0.5, 0.6) is 0 Å². The molecule has 8 heteroatoms. The Balaban J connectivity index is 1.23. The van der Waals surface area contributed by atoms with E-state index >= 15 is 0 Å².